The third-order valence-electron chi connectivity index (χ3n) is 2.80. The zero-order valence-corrected chi connectivity index (χ0v) is 8.65. The topological polar surface area (TPSA) is 20.3 Å². The molecule has 0 radical (unpaired) electrons. The molecule has 1 amide bonds. The van der Waals surface area contributed by atoms with Crippen molar-refractivity contribution in [3.8, 4) is 0 Å². The van der Waals surface area contributed by atoms with Gasteiger partial charge in [0, 0.05) is 25.9 Å². The quantitative estimate of drug-likeness (QED) is 0.650. The molecule has 1 aliphatic carbocycles. The summed E-state index contributed by atoms with van der Waals surface area (Å²) in [6.45, 7) is 0. The smallest absolute Gasteiger partial charge is 0.335 e. The Balaban J connectivity index is 2.57. The van der Waals surface area contributed by atoms with Crippen LogP contribution in [-0.4, -0.2) is 36.0 Å². The molecular formula is C9H12F5NO. The van der Waals surface area contributed by atoms with Crippen molar-refractivity contribution in [2.75, 3.05) is 7.05 Å². The van der Waals surface area contributed by atoms with E-state index in [1.165, 1.54) is 0 Å². The Morgan fingerprint density at radius 1 is 1.25 bits per heavy atom. The molecule has 0 atom stereocenters. The van der Waals surface area contributed by atoms with Crippen LogP contribution in [0.15, 0.2) is 0 Å². The Kier molecular flexibility index (Phi) is 3.44. The van der Waals surface area contributed by atoms with Crippen LogP contribution in [0.1, 0.15) is 25.7 Å². The molecule has 0 N–H and O–H groups in total. The summed E-state index contributed by atoms with van der Waals surface area (Å²) >= 11 is 0. The van der Waals surface area contributed by atoms with Gasteiger partial charge in [0.05, 0.1) is 0 Å². The van der Waals surface area contributed by atoms with Gasteiger partial charge >= 0.3 is 12.1 Å². The average Bonchev–Trinajstić information content (AvgIpc) is 2.14. The zero-order valence-electron chi connectivity index (χ0n) is 8.65. The highest BCUT2D eigenvalue weighted by atomic mass is 19.4. The predicted molar refractivity (Wildman–Crippen MR) is 46.0 cm³/mol. The first-order valence-electron chi connectivity index (χ1n) is 4.85. The normalized spacial score (nSPS) is 21.9. The van der Waals surface area contributed by atoms with E-state index in [1.807, 2.05) is 0 Å². The molecule has 0 unspecified atom stereocenters. The molecule has 0 aromatic carbocycles. The fraction of sp³-hybridized carbons (Fsp3) is 0.889. The number of rotatable bonds is 1. The van der Waals surface area contributed by atoms with E-state index in [1.54, 1.807) is 0 Å². The van der Waals surface area contributed by atoms with Crippen molar-refractivity contribution >= 4 is 5.91 Å². The maximum absolute atomic E-state index is 12.8. The van der Waals surface area contributed by atoms with Crippen LogP contribution in [-0.2, 0) is 4.79 Å². The average molecular weight is 245 g/mol. The number of carbonyl (C=O) groups is 1. The number of amides is 1. The maximum atomic E-state index is 12.8. The summed E-state index contributed by atoms with van der Waals surface area (Å²) in [5.74, 6) is -4.78. The highest BCUT2D eigenvalue weighted by Gasteiger charge is 2.45. The van der Waals surface area contributed by atoms with Gasteiger partial charge in [0.25, 0.3) is 0 Å². The molecule has 0 saturated heterocycles. The van der Waals surface area contributed by atoms with Crippen LogP contribution in [0.25, 0.3) is 0 Å². The van der Waals surface area contributed by atoms with Crippen LogP contribution in [0, 0.1) is 0 Å². The molecule has 0 aliphatic heterocycles. The molecule has 94 valence electrons. The largest absolute Gasteiger partial charge is 0.471 e. The van der Waals surface area contributed by atoms with Crippen molar-refractivity contribution in [3.05, 3.63) is 0 Å². The molecule has 0 heterocycles. The molecule has 1 aliphatic rings. The summed E-state index contributed by atoms with van der Waals surface area (Å²) in [7, 11) is 1.00. The van der Waals surface area contributed by atoms with E-state index in [0.29, 0.717) is 4.90 Å². The van der Waals surface area contributed by atoms with Gasteiger partial charge in [0.15, 0.2) is 0 Å². The first-order chi connectivity index (χ1) is 7.13. The molecule has 0 aromatic heterocycles. The number of halogens is 5. The van der Waals surface area contributed by atoms with Gasteiger partial charge < -0.3 is 4.90 Å². The minimum atomic E-state index is -4.94. The second-order valence-corrected chi connectivity index (χ2v) is 4.00. The third-order valence-corrected chi connectivity index (χ3v) is 2.80. The fourth-order valence-electron chi connectivity index (χ4n) is 1.78. The van der Waals surface area contributed by atoms with Crippen molar-refractivity contribution in [2.45, 2.75) is 43.8 Å². The van der Waals surface area contributed by atoms with E-state index in [9.17, 15) is 26.7 Å². The van der Waals surface area contributed by atoms with Crippen LogP contribution in [0.5, 0.6) is 0 Å². The highest BCUT2D eigenvalue weighted by molar-refractivity contribution is 5.81. The minimum absolute atomic E-state index is 0.0919. The Bertz CT molecular complexity index is 266. The van der Waals surface area contributed by atoms with Gasteiger partial charge in [-0.2, -0.15) is 13.2 Å². The third kappa shape index (κ3) is 3.05. The lowest BCUT2D eigenvalue weighted by Gasteiger charge is -2.34. The monoisotopic (exact) mass is 245 g/mol. The van der Waals surface area contributed by atoms with E-state index < -0.39 is 36.9 Å². The molecule has 0 spiro atoms. The summed E-state index contributed by atoms with van der Waals surface area (Å²) in [6.07, 6.45) is -6.05. The van der Waals surface area contributed by atoms with Crippen molar-refractivity contribution in [1.29, 1.82) is 0 Å². The molecule has 0 bridgehead atoms. The lowest BCUT2D eigenvalue weighted by molar-refractivity contribution is -0.187. The molecule has 1 rings (SSSR count). The van der Waals surface area contributed by atoms with Gasteiger partial charge in [-0.15, -0.1) is 0 Å². The van der Waals surface area contributed by atoms with E-state index >= 15 is 0 Å². The fourth-order valence-corrected chi connectivity index (χ4v) is 1.78. The Labute approximate surface area is 89.4 Å². The minimum Gasteiger partial charge on any atom is -0.335 e. The van der Waals surface area contributed by atoms with Crippen LogP contribution in [0.3, 0.4) is 0 Å². The molecule has 1 fully saturated rings. The van der Waals surface area contributed by atoms with Gasteiger partial charge in [-0.25, -0.2) is 8.78 Å². The summed E-state index contributed by atoms with van der Waals surface area (Å²) in [5, 5.41) is 0. The van der Waals surface area contributed by atoms with Crippen molar-refractivity contribution in [3.63, 3.8) is 0 Å². The highest BCUT2D eigenvalue weighted by Crippen LogP contribution is 2.35. The lowest BCUT2D eigenvalue weighted by atomic mass is 9.91. The summed E-state index contributed by atoms with van der Waals surface area (Å²) in [4.78, 5) is 11.4. The van der Waals surface area contributed by atoms with E-state index in [2.05, 4.69) is 0 Å². The molecular weight excluding hydrogens is 233 g/mol. The SMILES string of the molecule is CN(C(=O)C(F)(F)F)C1CCC(F)(F)CC1. The van der Waals surface area contributed by atoms with Crippen molar-refractivity contribution < 1.29 is 26.7 Å². The van der Waals surface area contributed by atoms with Crippen molar-refractivity contribution in [1.82, 2.24) is 4.90 Å². The number of hydrogen-bond donors (Lipinski definition) is 0. The second kappa shape index (κ2) is 4.18. The van der Waals surface area contributed by atoms with E-state index in [-0.39, 0.29) is 12.8 Å². The van der Waals surface area contributed by atoms with Gasteiger partial charge in [-0.3, -0.25) is 4.79 Å². The van der Waals surface area contributed by atoms with Gasteiger partial charge in [-0.1, -0.05) is 0 Å². The standard InChI is InChI=1S/C9H12F5NO/c1-15(7(16)9(12,13)14)6-2-4-8(10,11)5-3-6/h6H,2-5H2,1H3. The van der Waals surface area contributed by atoms with Crippen molar-refractivity contribution in [2.24, 2.45) is 0 Å². The molecule has 2 nitrogen and oxygen atoms in total. The van der Waals surface area contributed by atoms with Gasteiger partial charge in [0.1, 0.15) is 0 Å². The Hall–Kier alpha value is -0.880. The summed E-state index contributed by atoms with van der Waals surface area (Å²) < 4.78 is 61.7. The van der Waals surface area contributed by atoms with Crippen LogP contribution >= 0.6 is 0 Å². The molecule has 1 saturated carbocycles. The Morgan fingerprint density at radius 3 is 2.06 bits per heavy atom. The van der Waals surface area contributed by atoms with Crippen LogP contribution < -0.4 is 0 Å². The summed E-state index contributed by atoms with van der Waals surface area (Å²) in [6, 6.07) is -0.742. The molecule has 16 heavy (non-hydrogen) atoms. The lowest BCUT2D eigenvalue weighted by Crippen LogP contribution is -2.47. The number of nitrogens with zero attached hydrogens (tertiary/aromatic N) is 1. The first-order valence-corrected chi connectivity index (χ1v) is 4.85. The molecule has 0 aromatic rings. The maximum Gasteiger partial charge on any atom is 0.471 e. The number of carbonyl (C=O) groups excluding carboxylic acids is 1. The Morgan fingerprint density at radius 2 is 1.69 bits per heavy atom. The van der Waals surface area contributed by atoms with E-state index in [4.69, 9.17) is 0 Å². The second-order valence-electron chi connectivity index (χ2n) is 4.00. The van der Waals surface area contributed by atoms with Crippen LogP contribution in [0.4, 0.5) is 22.0 Å². The summed E-state index contributed by atoms with van der Waals surface area (Å²) in [5.41, 5.74) is 0. The first kappa shape index (κ1) is 13.2. The van der Waals surface area contributed by atoms with Gasteiger partial charge in [-0.05, 0) is 12.8 Å². The van der Waals surface area contributed by atoms with Crippen LogP contribution in [0.2, 0.25) is 0 Å². The number of hydrogen-bond acceptors (Lipinski definition) is 1. The van der Waals surface area contributed by atoms with E-state index in [0.717, 1.165) is 7.05 Å². The van der Waals surface area contributed by atoms with Gasteiger partial charge in [0.2, 0.25) is 5.92 Å². The predicted octanol–water partition coefficient (Wildman–Crippen LogP) is 2.59. The zero-order chi connectivity index (χ0) is 12.6. The number of alkyl halides is 5. The molecule has 7 heteroatoms.